The maximum atomic E-state index is 14.8. The second-order valence-electron chi connectivity index (χ2n) is 15.8. The molecule has 254 valence electrons. The van der Waals surface area contributed by atoms with Crippen LogP contribution in [0.25, 0.3) is 0 Å². The maximum Gasteiger partial charge on any atom is 0.307 e. The number of Topliss-reactive ketones (excluding diaryl/α,β-unsaturated/α-hetero) is 1. The number of esters is 3. The number of allylic oxidation sites excluding steroid dienone is 2. The van der Waals surface area contributed by atoms with Crippen LogP contribution in [0.1, 0.15) is 95.4 Å². The zero-order valence-corrected chi connectivity index (χ0v) is 29.0. The number of rotatable bonds is 7. The molecule has 10 nitrogen and oxygen atoms in total. The fraction of sp³-hybridized carbons (Fsp3) is 0.694. The average Bonchev–Trinajstić information content (AvgIpc) is 3.10. The van der Waals surface area contributed by atoms with Crippen molar-refractivity contribution in [3.63, 3.8) is 0 Å². The number of carbonyl (C=O) groups is 5. The molecule has 0 aromatic rings. The van der Waals surface area contributed by atoms with Gasteiger partial charge >= 0.3 is 17.9 Å². The minimum Gasteiger partial charge on any atom is -0.462 e. The quantitative estimate of drug-likeness (QED) is 0.175. The molecule has 2 fully saturated rings. The molecule has 0 bridgehead atoms. The lowest BCUT2D eigenvalue weighted by atomic mass is 9.39. The molecule has 0 spiro atoms. The molecule has 4 aliphatic carbocycles. The Kier molecular flexibility index (Phi) is 8.74. The third-order valence-corrected chi connectivity index (χ3v) is 11.8. The number of ether oxygens (including phenoxy) is 3. The third kappa shape index (κ3) is 5.49. The summed E-state index contributed by atoms with van der Waals surface area (Å²) < 4.78 is 17.2. The Hall–Kier alpha value is -3.11. The highest BCUT2D eigenvalue weighted by Gasteiger charge is 2.75. The molecule has 9 unspecified atom stereocenters. The first-order valence-corrected chi connectivity index (χ1v) is 16.0. The first-order valence-electron chi connectivity index (χ1n) is 16.0. The highest BCUT2D eigenvalue weighted by atomic mass is 16.6. The van der Waals surface area contributed by atoms with Crippen molar-refractivity contribution >= 4 is 29.5 Å². The van der Waals surface area contributed by atoms with E-state index >= 15 is 0 Å². The van der Waals surface area contributed by atoms with Crippen molar-refractivity contribution < 1.29 is 48.4 Å². The molecule has 4 rings (SSSR count). The van der Waals surface area contributed by atoms with Crippen LogP contribution in [0.15, 0.2) is 35.6 Å². The Balaban J connectivity index is 1.89. The fourth-order valence-corrected chi connectivity index (χ4v) is 9.57. The van der Waals surface area contributed by atoms with Gasteiger partial charge in [0.1, 0.15) is 23.2 Å². The molecule has 0 heterocycles. The van der Waals surface area contributed by atoms with E-state index in [1.54, 1.807) is 6.08 Å². The first kappa shape index (κ1) is 35.7. The van der Waals surface area contributed by atoms with Crippen LogP contribution < -0.4 is 0 Å². The minimum absolute atomic E-state index is 0.00804. The van der Waals surface area contributed by atoms with E-state index in [-0.39, 0.29) is 23.9 Å². The summed E-state index contributed by atoms with van der Waals surface area (Å²) in [5, 5.41) is 22.2. The molecule has 0 aliphatic heterocycles. The summed E-state index contributed by atoms with van der Waals surface area (Å²) in [4.78, 5) is 65.1. The molecule has 0 saturated heterocycles. The van der Waals surface area contributed by atoms with Crippen molar-refractivity contribution in [3.05, 3.63) is 35.6 Å². The molecule has 0 radical (unpaired) electrons. The fourth-order valence-electron chi connectivity index (χ4n) is 9.57. The van der Waals surface area contributed by atoms with Crippen LogP contribution in [0.4, 0.5) is 0 Å². The summed E-state index contributed by atoms with van der Waals surface area (Å²) in [5.74, 6) is -3.99. The van der Waals surface area contributed by atoms with E-state index in [0.29, 0.717) is 12.8 Å². The molecule has 9 atom stereocenters. The Morgan fingerprint density at radius 3 is 2.02 bits per heavy atom. The predicted octanol–water partition coefficient (Wildman–Crippen LogP) is 4.56. The van der Waals surface area contributed by atoms with Gasteiger partial charge in [0.05, 0.1) is 5.60 Å². The summed E-state index contributed by atoms with van der Waals surface area (Å²) >= 11 is 0. The Morgan fingerprint density at radius 2 is 1.50 bits per heavy atom. The lowest BCUT2D eigenvalue weighted by Crippen LogP contribution is -2.64. The number of aliphatic hydroxyl groups is 2. The van der Waals surface area contributed by atoms with Crippen LogP contribution >= 0.6 is 0 Å². The number of fused-ring (bicyclic) bond motifs is 5. The van der Waals surface area contributed by atoms with E-state index in [4.69, 9.17) is 14.2 Å². The summed E-state index contributed by atoms with van der Waals surface area (Å²) in [7, 11) is 0. The Labute approximate surface area is 271 Å². The molecule has 2 saturated carbocycles. The largest absolute Gasteiger partial charge is 0.462 e. The van der Waals surface area contributed by atoms with Crippen molar-refractivity contribution in [3.8, 4) is 0 Å². The monoisotopic (exact) mass is 642 g/mol. The van der Waals surface area contributed by atoms with Gasteiger partial charge in [-0.3, -0.25) is 24.0 Å². The number of hydrogen-bond acceptors (Lipinski definition) is 10. The van der Waals surface area contributed by atoms with Crippen LogP contribution in [0, 0.1) is 39.4 Å². The van der Waals surface area contributed by atoms with E-state index in [1.807, 2.05) is 27.7 Å². The van der Waals surface area contributed by atoms with Gasteiger partial charge in [-0.15, -0.1) is 0 Å². The summed E-state index contributed by atoms with van der Waals surface area (Å²) in [6.07, 6.45) is 5.31. The second kappa shape index (κ2) is 11.3. The average molecular weight is 643 g/mol. The van der Waals surface area contributed by atoms with Crippen molar-refractivity contribution in [1.29, 1.82) is 0 Å². The minimum atomic E-state index is -2.04. The van der Waals surface area contributed by atoms with E-state index in [1.165, 1.54) is 47.6 Å². The van der Waals surface area contributed by atoms with Crippen molar-refractivity contribution in [2.45, 2.75) is 119 Å². The molecule has 4 aliphatic rings. The third-order valence-electron chi connectivity index (χ3n) is 11.8. The lowest BCUT2D eigenvalue weighted by molar-refractivity contribution is -0.182. The van der Waals surface area contributed by atoms with Gasteiger partial charge in [-0.2, -0.15) is 0 Å². The summed E-state index contributed by atoms with van der Waals surface area (Å²) in [6.45, 7) is 18.0. The van der Waals surface area contributed by atoms with Gasteiger partial charge in [-0.1, -0.05) is 52.3 Å². The molecular weight excluding hydrogens is 592 g/mol. The van der Waals surface area contributed by atoms with Gasteiger partial charge in [0.25, 0.3) is 0 Å². The number of carbonyl (C=O) groups excluding carboxylic acids is 5. The zero-order chi connectivity index (χ0) is 35.0. The molecule has 0 aromatic carbocycles. The molecule has 0 aromatic heterocycles. The molecule has 2 N–H and O–H groups in total. The highest BCUT2D eigenvalue weighted by molar-refractivity contribution is 5.97. The van der Waals surface area contributed by atoms with E-state index in [0.717, 1.165) is 11.6 Å². The van der Waals surface area contributed by atoms with Gasteiger partial charge in [0, 0.05) is 49.9 Å². The van der Waals surface area contributed by atoms with Gasteiger partial charge < -0.3 is 24.4 Å². The zero-order valence-electron chi connectivity index (χ0n) is 29.0. The van der Waals surface area contributed by atoms with E-state index in [9.17, 15) is 34.2 Å². The molecular formula is C36H50O10. The normalized spacial score (nSPS) is 37.9. The highest BCUT2D eigenvalue weighted by Crippen LogP contribution is 2.74. The van der Waals surface area contributed by atoms with Crippen LogP contribution in [0.2, 0.25) is 0 Å². The predicted molar refractivity (Wildman–Crippen MR) is 168 cm³/mol. The molecule has 10 heteroatoms. The Bertz CT molecular complexity index is 1440. The van der Waals surface area contributed by atoms with Crippen molar-refractivity contribution in [2.75, 3.05) is 0 Å². The van der Waals surface area contributed by atoms with Crippen molar-refractivity contribution in [2.24, 2.45) is 39.4 Å². The van der Waals surface area contributed by atoms with Gasteiger partial charge in [-0.05, 0) is 62.5 Å². The standard InChI is InChI=1S/C36H50O10/c1-19(37)44-24-16-23-22(32(6,7)30(24)46-21(3)39)12-13-26-33(8)17-25(45-20(2)38)29(34(33,9)18-28(41)35(23,26)10)36(11,43)27(40)14-15-31(4,5)42/h12,14-16,23,25-26,29-30,42-43H,13,17-18H2,1-11H3. The van der Waals surface area contributed by atoms with E-state index in [2.05, 4.69) is 13.0 Å². The van der Waals surface area contributed by atoms with Crippen LogP contribution in [-0.2, 0) is 38.2 Å². The second-order valence-corrected chi connectivity index (χ2v) is 15.8. The SMILES string of the molecule is CC(=O)OC1=CC2C(=CCC3C2(C)C(=O)CC2(C)C(C(C)(O)C(=O)C=CC(C)(C)O)C(OC(C)=O)CC32C)C(C)(C)C1OC(C)=O. The first-order chi connectivity index (χ1) is 20.8. The van der Waals surface area contributed by atoms with Crippen LogP contribution in [-0.4, -0.2) is 63.1 Å². The van der Waals surface area contributed by atoms with Gasteiger partial charge in [0.15, 0.2) is 11.9 Å². The summed E-state index contributed by atoms with van der Waals surface area (Å²) in [5.41, 5.74) is -5.94. The van der Waals surface area contributed by atoms with Crippen molar-refractivity contribution in [1.82, 2.24) is 0 Å². The van der Waals surface area contributed by atoms with Crippen LogP contribution in [0.3, 0.4) is 0 Å². The van der Waals surface area contributed by atoms with Gasteiger partial charge in [-0.25, -0.2) is 0 Å². The topological polar surface area (TPSA) is 154 Å². The van der Waals surface area contributed by atoms with Gasteiger partial charge in [0.2, 0.25) is 0 Å². The van der Waals surface area contributed by atoms with E-state index < -0.39 is 80.6 Å². The lowest BCUT2D eigenvalue weighted by Gasteiger charge is -2.64. The number of ketones is 2. The molecule has 0 amide bonds. The maximum absolute atomic E-state index is 14.8. The Morgan fingerprint density at radius 1 is 0.913 bits per heavy atom. The smallest absolute Gasteiger partial charge is 0.307 e. The molecule has 46 heavy (non-hydrogen) atoms. The van der Waals surface area contributed by atoms with Crippen LogP contribution in [0.5, 0.6) is 0 Å². The number of hydrogen-bond donors (Lipinski definition) is 2. The summed E-state index contributed by atoms with van der Waals surface area (Å²) in [6, 6.07) is 0.